The Balaban J connectivity index is 2.61. The van der Waals surface area contributed by atoms with Crippen molar-refractivity contribution in [3.63, 3.8) is 0 Å². The number of hydrogen-bond donors (Lipinski definition) is 3. The minimum atomic E-state index is -0.851. The van der Waals surface area contributed by atoms with Crippen LogP contribution >= 0.6 is 0 Å². The van der Waals surface area contributed by atoms with E-state index >= 15 is 0 Å². The average molecular weight is 235 g/mol. The lowest BCUT2D eigenvalue weighted by Crippen LogP contribution is -2.40. The molecule has 5 N–H and O–H groups in total. The normalized spacial score (nSPS) is 13.8. The third kappa shape index (κ3) is 4.04. The summed E-state index contributed by atoms with van der Waals surface area (Å²) >= 11 is 0. The van der Waals surface area contributed by atoms with Gasteiger partial charge in [0.25, 0.3) is 0 Å². The zero-order chi connectivity index (χ0) is 12.7. The molecule has 1 aromatic rings. The van der Waals surface area contributed by atoms with E-state index in [2.05, 4.69) is 0 Å². The Hall–Kier alpha value is -1.61. The molecule has 0 radical (unpaired) electrons. The van der Waals surface area contributed by atoms with E-state index < -0.39 is 12.3 Å². The summed E-state index contributed by atoms with van der Waals surface area (Å²) in [5.74, 6) is 0.384. The molecule has 0 saturated carbocycles. The van der Waals surface area contributed by atoms with Gasteiger partial charge in [-0.25, -0.2) is 0 Å². The molecule has 0 spiro atoms. The minimum absolute atomic E-state index is 0.384. The lowest BCUT2D eigenvalue weighted by atomic mass is 10.1. The van der Waals surface area contributed by atoms with Gasteiger partial charge < -0.3 is 15.6 Å². The quantitative estimate of drug-likeness (QED) is 0.616. The Kier molecular flexibility index (Phi) is 5.43. The number of nitrogens with zero attached hydrogens (tertiary/aromatic N) is 1. The molecule has 1 rings (SSSR count). The number of benzene rings is 1. The van der Waals surface area contributed by atoms with Gasteiger partial charge in [0.15, 0.2) is 6.23 Å². The van der Waals surface area contributed by atoms with Gasteiger partial charge in [-0.3, -0.25) is 5.73 Å². The van der Waals surface area contributed by atoms with Crippen molar-refractivity contribution in [1.29, 1.82) is 5.26 Å². The molecule has 2 unspecified atom stereocenters. The van der Waals surface area contributed by atoms with E-state index in [0.717, 1.165) is 0 Å². The molecule has 92 valence electrons. The lowest BCUT2D eigenvalue weighted by Gasteiger charge is -2.20. The van der Waals surface area contributed by atoms with Gasteiger partial charge in [-0.15, -0.1) is 0 Å². The molecule has 0 saturated heterocycles. The van der Waals surface area contributed by atoms with Crippen LogP contribution in [0, 0.1) is 11.3 Å². The van der Waals surface area contributed by atoms with Crippen LogP contribution in [0.5, 0.6) is 5.75 Å². The maximum Gasteiger partial charge on any atom is 0.173 e. The predicted octanol–water partition coefficient (Wildman–Crippen LogP) is 0.322. The molecule has 0 aromatic heterocycles. The van der Waals surface area contributed by atoms with Crippen LogP contribution in [-0.4, -0.2) is 24.0 Å². The van der Waals surface area contributed by atoms with Gasteiger partial charge >= 0.3 is 0 Å². The number of nitrogens with two attached hydrogens (primary N) is 2. The first-order valence-corrected chi connectivity index (χ1v) is 5.48. The van der Waals surface area contributed by atoms with E-state index in [1.807, 2.05) is 6.07 Å². The topological polar surface area (TPSA) is 105 Å². The van der Waals surface area contributed by atoms with Crippen molar-refractivity contribution in [2.24, 2.45) is 11.5 Å². The zero-order valence-electron chi connectivity index (χ0n) is 9.54. The Morgan fingerprint density at radius 2 is 2.12 bits per heavy atom. The van der Waals surface area contributed by atoms with Crippen molar-refractivity contribution in [2.75, 3.05) is 6.54 Å². The molecular formula is C12H17N3O2. The smallest absolute Gasteiger partial charge is 0.173 e. The van der Waals surface area contributed by atoms with E-state index in [1.54, 1.807) is 24.3 Å². The van der Waals surface area contributed by atoms with Crippen molar-refractivity contribution in [2.45, 2.75) is 25.2 Å². The summed E-state index contributed by atoms with van der Waals surface area (Å²) in [5, 5.41) is 18.5. The highest BCUT2D eigenvalue weighted by Crippen LogP contribution is 2.18. The van der Waals surface area contributed by atoms with Crippen LogP contribution in [-0.2, 0) is 0 Å². The monoisotopic (exact) mass is 235 g/mol. The highest BCUT2D eigenvalue weighted by molar-refractivity contribution is 5.42. The summed E-state index contributed by atoms with van der Waals surface area (Å²) in [4.78, 5) is 0. The number of nitriles is 1. The molecule has 17 heavy (non-hydrogen) atoms. The lowest BCUT2D eigenvalue weighted by molar-refractivity contribution is 0.0337. The second-order valence-corrected chi connectivity index (χ2v) is 3.69. The van der Waals surface area contributed by atoms with Crippen molar-refractivity contribution in [3.8, 4) is 11.8 Å². The van der Waals surface area contributed by atoms with Gasteiger partial charge in [-0.2, -0.15) is 5.26 Å². The number of ether oxygens (including phenoxy) is 1. The van der Waals surface area contributed by atoms with E-state index in [9.17, 15) is 5.11 Å². The molecule has 1 aromatic carbocycles. The van der Waals surface area contributed by atoms with E-state index in [1.165, 1.54) is 0 Å². The molecule has 0 amide bonds. The summed E-state index contributed by atoms with van der Waals surface area (Å²) in [7, 11) is 0. The van der Waals surface area contributed by atoms with Crippen LogP contribution in [0.15, 0.2) is 24.3 Å². The molecule has 0 aliphatic rings. The Morgan fingerprint density at radius 1 is 1.41 bits per heavy atom. The Labute approximate surface area is 101 Å². The Morgan fingerprint density at radius 3 is 2.76 bits per heavy atom. The number of aliphatic hydroxyl groups excluding tert-OH is 1. The fourth-order valence-electron chi connectivity index (χ4n) is 1.38. The van der Waals surface area contributed by atoms with Crippen molar-refractivity contribution >= 4 is 0 Å². The van der Waals surface area contributed by atoms with Crippen LogP contribution in [0.25, 0.3) is 0 Å². The van der Waals surface area contributed by atoms with Crippen LogP contribution in [0.1, 0.15) is 18.4 Å². The summed E-state index contributed by atoms with van der Waals surface area (Å²) in [6.07, 6.45) is -0.480. The molecule has 0 fully saturated rings. The number of para-hydroxylation sites is 1. The summed E-state index contributed by atoms with van der Waals surface area (Å²) in [6, 6.07) is 8.76. The van der Waals surface area contributed by atoms with Crippen LogP contribution in [0.4, 0.5) is 0 Å². The molecule has 0 bridgehead atoms. The van der Waals surface area contributed by atoms with Gasteiger partial charge in [0.05, 0.1) is 5.56 Å². The highest BCUT2D eigenvalue weighted by Gasteiger charge is 2.17. The average Bonchev–Trinajstić information content (AvgIpc) is 2.36. The standard InChI is InChI=1S/C12H17N3O2/c13-7-3-5-10(16)12(15)17-11-6-2-1-4-9(11)8-14/h1-2,4,6,10,12,16H,3,5,7,13,15H2. The zero-order valence-corrected chi connectivity index (χ0v) is 9.54. The van der Waals surface area contributed by atoms with Crippen molar-refractivity contribution in [3.05, 3.63) is 29.8 Å². The van der Waals surface area contributed by atoms with Gasteiger partial charge in [0.1, 0.15) is 17.9 Å². The fraction of sp³-hybridized carbons (Fsp3) is 0.417. The first-order chi connectivity index (χ1) is 8.19. The molecule has 0 aliphatic heterocycles. The first kappa shape index (κ1) is 13.5. The number of aliphatic hydroxyl groups is 1. The second-order valence-electron chi connectivity index (χ2n) is 3.69. The minimum Gasteiger partial charge on any atom is -0.471 e. The summed E-state index contributed by atoms with van der Waals surface area (Å²) < 4.78 is 5.36. The Bertz CT molecular complexity index is 390. The van der Waals surface area contributed by atoms with Crippen LogP contribution in [0.3, 0.4) is 0 Å². The predicted molar refractivity (Wildman–Crippen MR) is 64.1 cm³/mol. The van der Waals surface area contributed by atoms with Gasteiger partial charge in [-0.1, -0.05) is 12.1 Å². The fourth-order valence-corrected chi connectivity index (χ4v) is 1.38. The van der Waals surface area contributed by atoms with E-state index in [-0.39, 0.29) is 0 Å². The second kappa shape index (κ2) is 6.86. The molecule has 5 heteroatoms. The van der Waals surface area contributed by atoms with Gasteiger partial charge in [-0.05, 0) is 31.5 Å². The number of rotatable bonds is 6. The van der Waals surface area contributed by atoms with Gasteiger partial charge in [0, 0.05) is 0 Å². The molecule has 0 heterocycles. The molecule has 5 nitrogen and oxygen atoms in total. The summed E-state index contributed by atoms with van der Waals surface area (Å²) in [6.45, 7) is 0.499. The maximum absolute atomic E-state index is 9.69. The highest BCUT2D eigenvalue weighted by atomic mass is 16.5. The van der Waals surface area contributed by atoms with Crippen molar-refractivity contribution < 1.29 is 9.84 Å². The van der Waals surface area contributed by atoms with E-state index in [0.29, 0.717) is 30.7 Å². The molecule has 0 aliphatic carbocycles. The molecule has 2 atom stereocenters. The SMILES string of the molecule is N#Cc1ccccc1OC(N)C(O)CCCN. The van der Waals surface area contributed by atoms with Crippen molar-refractivity contribution in [1.82, 2.24) is 0 Å². The first-order valence-electron chi connectivity index (χ1n) is 5.48. The van der Waals surface area contributed by atoms with E-state index in [4.69, 9.17) is 21.5 Å². The summed E-state index contributed by atoms with van der Waals surface area (Å²) in [5.41, 5.74) is 11.4. The maximum atomic E-state index is 9.69. The third-order valence-corrected chi connectivity index (χ3v) is 2.35. The van der Waals surface area contributed by atoms with Crippen LogP contribution in [0.2, 0.25) is 0 Å². The van der Waals surface area contributed by atoms with Gasteiger partial charge in [0.2, 0.25) is 0 Å². The number of hydrogen-bond acceptors (Lipinski definition) is 5. The van der Waals surface area contributed by atoms with Crippen LogP contribution < -0.4 is 16.2 Å². The molecular weight excluding hydrogens is 218 g/mol. The largest absolute Gasteiger partial charge is 0.471 e. The third-order valence-electron chi connectivity index (χ3n) is 2.35.